The van der Waals surface area contributed by atoms with Crippen molar-refractivity contribution in [1.29, 1.82) is 0 Å². The lowest BCUT2D eigenvalue weighted by molar-refractivity contribution is -0.0754. The zero-order valence-corrected chi connectivity index (χ0v) is 13.4. The van der Waals surface area contributed by atoms with Crippen molar-refractivity contribution in [1.82, 2.24) is 14.8 Å². The molecule has 1 fully saturated rings. The Morgan fingerprint density at radius 1 is 1.33 bits per heavy atom. The second-order valence-corrected chi connectivity index (χ2v) is 6.46. The van der Waals surface area contributed by atoms with E-state index in [9.17, 15) is 0 Å². The first-order chi connectivity index (χ1) is 9.96. The fourth-order valence-electron chi connectivity index (χ4n) is 2.92. The Balaban J connectivity index is 2.02. The molecule has 6 heteroatoms. The van der Waals surface area contributed by atoms with Gasteiger partial charge in [-0.25, -0.2) is 5.10 Å². The Morgan fingerprint density at radius 3 is 2.71 bits per heavy atom. The van der Waals surface area contributed by atoms with Gasteiger partial charge < -0.3 is 9.64 Å². The van der Waals surface area contributed by atoms with Crippen molar-refractivity contribution in [2.45, 2.75) is 32.5 Å². The lowest BCUT2D eigenvalue weighted by Gasteiger charge is -2.42. The highest BCUT2D eigenvalue weighted by Crippen LogP contribution is 2.26. The van der Waals surface area contributed by atoms with Gasteiger partial charge in [-0.15, -0.1) is 5.10 Å². The molecule has 1 aliphatic rings. The number of benzene rings is 1. The molecule has 0 spiro atoms. The van der Waals surface area contributed by atoms with E-state index in [4.69, 9.17) is 17.0 Å². The summed E-state index contributed by atoms with van der Waals surface area (Å²) in [7, 11) is 0. The Hall–Kier alpha value is -1.66. The maximum Gasteiger partial charge on any atom is 0.230 e. The van der Waals surface area contributed by atoms with Gasteiger partial charge in [0.15, 0.2) is 0 Å². The summed E-state index contributed by atoms with van der Waals surface area (Å²) >= 11 is 5.40. The number of nitrogens with one attached hydrogen (secondary N) is 1. The minimum Gasteiger partial charge on any atom is -0.369 e. The average molecular weight is 304 g/mol. The molecule has 1 N–H and O–H groups in total. The molecular formula is C15H20N4OS. The van der Waals surface area contributed by atoms with Gasteiger partial charge in [-0.2, -0.15) is 0 Å². The van der Waals surface area contributed by atoms with E-state index in [-0.39, 0.29) is 11.7 Å². The van der Waals surface area contributed by atoms with Crippen molar-refractivity contribution in [2.24, 2.45) is 0 Å². The maximum absolute atomic E-state index is 5.96. The van der Waals surface area contributed by atoms with Crippen LogP contribution in [0.25, 0.3) is 5.69 Å². The number of hydrogen-bond acceptors (Lipinski definition) is 4. The smallest absolute Gasteiger partial charge is 0.230 e. The zero-order chi connectivity index (χ0) is 15.0. The second-order valence-electron chi connectivity index (χ2n) is 6.07. The van der Waals surface area contributed by atoms with Gasteiger partial charge in [0.2, 0.25) is 10.7 Å². The number of nitrogens with zero attached hydrogens (tertiary/aromatic N) is 3. The minimum absolute atomic E-state index is 0.156. The van der Waals surface area contributed by atoms with Crippen molar-refractivity contribution in [3.63, 3.8) is 0 Å². The monoisotopic (exact) mass is 304 g/mol. The molecule has 1 aromatic heterocycles. The molecule has 3 rings (SSSR count). The van der Waals surface area contributed by atoms with Crippen LogP contribution in [0.2, 0.25) is 0 Å². The van der Waals surface area contributed by atoms with Crippen LogP contribution in [-0.2, 0) is 4.74 Å². The minimum atomic E-state index is -0.202. The van der Waals surface area contributed by atoms with Crippen LogP contribution in [0, 0.1) is 4.77 Å². The van der Waals surface area contributed by atoms with E-state index in [1.165, 1.54) is 0 Å². The predicted octanol–water partition coefficient (Wildman–Crippen LogP) is 2.93. The molecule has 1 aliphatic heterocycles. The van der Waals surface area contributed by atoms with Gasteiger partial charge >= 0.3 is 0 Å². The van der Waals surface area contributed by atoms with Crippen LogP contribution in [0.3, 0.4) is 0 Å². The highest BCUT2D eigenvalue weighted by atomic mass is 32.1. The van der Waals surface area contributed by atoms with Crippen LogP contribution in [0.15, 0.2) is 30.3 Å². The lowest BCUT2D eigenvalue weighted by atomic mass is 10.1. The number of rotatable bonds is 2. The van der Waals surface area contributed by atoms with Crippen LogP contribution in [0.1, 0.15) is 20.8 Å². The summed E-state index contributed by atoms with van der Waals surface area (Å²) in [6.07, 6.45) is 0.156. The summed E-state index contributed by atoms with van der Waals surface area (Å²) in [6.45, 7) is 7.87. The Morgan fingerprint density at radius 2 is 2.05 bits per heavy atom. The molecule has 2 heterocycles. The summed E-state index contributed by atoms with van der Waals surface area (Å²) < 4.78 is 8.54. The summed E-state index contributed by atoms with van der Waals surface area (Å²) in [4.78, 5) is 2.23. The highest BCUT2D eigenvalue weighted by molar-refractivity contribution is 7.71. The molecule has 0 bridgehead atoms. The summed E-state index contributed by atoms with van der Waals surface area (Å²) in [5.74, 6) is 0.842. The zero-order valence-electron chi connectivity index (χ0n) is 12.5. The highest BCUT2D eigenvalue weighted by Gasteiger charge is 2.33. The first kappa shape index (κ1) is 14.3. The van der Waals surface area contributed by atoms with Gasteiger partial charge in [0.05, 0.1) is 17.4 Å². The first-order valence-corrected chi connectivity index (χ1v) is 7.53. The van der Waals surface area contributed by atoms with E-state index in [0.29, 0.717) is 4.77 Å². The number of ether oxygens (including phenoxy) is 1. The Bertz CT molecular complexity index is 676. The fourth-order valence-corrected chi connectivity index (χ4v) is 3.15. The topological polar surface area (TPSA) is 46.1 Å². The van der Waals surface area contributed by atoms with Crippen molar-refractivity contribution >= 4 is 18.2 Å². The third kappa shape index (κ3) is 2.87. The number of morpholine rings is 1. The van der Waals surface area contributed by atoms with Gasteiger partial charge in [-0.1, -0.05) is 18.2 Å². The number of aromatic amines is 1. The molecule has 0 saturated carbocycles. The lowest BCUT2D eigenvalue weighted by Crippen LogP contribution is -2.52. The molecule has 0 radical (unpaired) electrons. The van der Waals surface area contributed by atoms with Crippen molar-refractivity contribution in [2.75, 3.05) is 18.0 Å². The van der Waals surface area contributed by atoms with E-state index in [0.717, 1.165) is 24.7 Å². The first-order valence-electron chi connectivity index (χ1n) is 7.12. The molecule has 0 aliphatic carbocycles. The molecule has 0 amide bonds. The third-order valence-electron chi connectivity index (χ3n) is 3.52. The number of hydrogen-bond donors (Lipinski definition) is 1. The quantitative estimate of drug-likeness (QED) is 0.867. The molecule has 1 atom stereocenters. The van der Waals surface area contributed by atoms with Crippen LogP contribution in [0.4, 0.5) is 5.95 Å². The molecule has 21 heavy (non-hydrogen) atoms. The number of anilines is 1. The van der Waals surface area contributed by atoms with Crippen molar-refractivity contribution < 1.29 is 4.74 Å². The molecule has 1 aromatic carbocycles. The Kier molecular flexibility index (Phi) is 3.59. The van der Waals surface area contributed by atoms with E-state index in [1.807, 2.05) is 34.9 Å². The van der Waals surface area contributed by atoms with Crippen LogP contribution < -0.4 is 4.90 Å². The van der Waals surface area contributed by atoms with Crippen molar-refractivity contribution in [3.8, 4) is 5.69 Å². The molecule has 112 valence electrons. The van der Waals surface area contributed by atoms with Gasteiger partial charge in [0.1, 0.15) is 0 Å². The Labute approximate surface area is 129 Å². The average Bonchev–Trinajstić information content (AvgIpc) is 2.79. The molecule has 5 nitrogen and oxygen atoms in total. The normalized spacial score (nSPS) is 21.5. The van der Waals surface area contributed by atoms with Gasteiger partial charge in [0.25, 0.3) is 0 Å². The largest absolute Gasteiger partial charge is 0.369 e. The number of para-hydroxylation sites is 1. The van der Waals surface area contributed by atoms with Gasteiger partial charge in [-0.3, -0.25) is 4.57 Å². The van der Waals surface area contributed by atoms with E-state index in [1.54, 1.807) is 0 Å². The predicted molar refractivity (Wildman–Crippen MR) is 85.6 cm³/mol. The van der Waals surface area contributed by atoms with E-state index < -0.39 is 0 Å². The summed E-state index contributed by atoms with van der Waals surface area (Å²) in [5.41, 5.74) is 0.815. The molecule has 1 saturated heterocycles. The summed E-state index contributed by atoms with van der Waals surface area (Å²) in [6, 6.07) is 10.1. The van der Waals surface area contributed by atoms with Crippen LogP contribution >= 0.6 is 12.2 Å². The fraction of sp³-hybridized carbons (Fsp3) is 0.467. The molecule has 1 unspecified atom stereocenters. The van der Waals surface area contributed by atoms with Crippen molar-refractivity contribution in [3.05, 3.63) is 35.1 Å². The third-order valence-corrected chi connectivity index (χ3v) is 3.80. The van der Waals surface area contributed by atoms with E-state index in [2.05, 4.69) is 35.9 Å². The van der Waals surface area contributed by atoms with E-state index >= 15 is 0 Å². The second kappa shape index (κ2) is 5.27. The summed E-state index contributed by atoms with van der Waals surface area (Å²) in [5, 5.41) is 7.34. The number of H-pyrrole nitrogens is 1. The van der Waals surface area contributed by atoms with Gasteiger partial charge in [0, 0.05) is 13.1 Å². The van der Waals surface area contributed by atoms with Crippen LogP contribution in [-0.4, -0.2) is 39.6 Å². The molecule has 2 aromatic rings. The van der Waals surface area contributed by atoms with Gasteiger partial charge in [-0.05, 0) is 45.1 Å². The maximum atomic E-state index is 5.96. The SMILES string of the molecule is CC1CN(c2n[nH]c(=S)n2-c2ccccc2)CC(C)(C)O1. The number of aromatic nitrogens is 3. The standard InChI is InChI=1S/C15H20N4OS/c1-11-9-18(10-15(2,3)20-11)13-16-17-14(21)19(13)12-7-5-4-6-8-12/h4-8,11H,9-10H2,1-3H3,(H,17,21). The molecular weight excluding hydrogens is 284 g/mol. The van der Waals surface area contributed by atoms with Crippen LogP contribution in [0.5, 0.6) is 0 Å².